The van der Waals surface area contributed by atoms with Gasteiger partial charge in [0.2, 0.25) is 0 Å². The highest BCUT2D eigenvalue weighted by atomic mass is 32.2. The van der Waals surface area contributed by atoms with Gasteiger partial charge in [0.05, 0.1) is 23.2 Å². The van der Waals surface area contributed by atoms with Crippen LogP contribution in [-0.2, 0) is 11.3 Å². The number of nitrogens with zero attached hydrogens (tertiary/aromatic N) is 2. The van der Waals surface area contributed by atoms with E-state index >= 15 is 0 Å². The molecule has 1 aromatic heterocycles. The van der Waals surface area contributed by atoms with Crippen LogP contribution in [0.25, 0.3) is 11.3 Å². The summed E-state index contributed by atoms with van der Waals surface area (Å²) in [5, 5.41) is 0. The van der Waals surface area contributed by atoms with E-state index in [0.717, 1.165) is 11.1 Å². The first-order valence-corrected chi connectivity index (χ1v) is 5.69. The zero-order valence-electron chi connectivity index (χ0n) is 8.58. The summed E-state index contributed by atoms with van der Waals surface area (Å²) in [6, 6.07) is 7.75. The monoisotopic (exact) mass is 236 g/mol. The molecule has 0 saturated heterocycles. The zero-order chi connectivity index (χ0) is 11.5. The second-order valence-electron chi connectivity index (χ2n) is 3.34. The molecule has 0 saturated carbocycles. The molecule has 0 amide bonds. The van der Waals surface area contributed by atoms with Crippen LogP contribution < -0.4 is 4.83 Å². The van der Waals surface area contributed by atoms with Gasteiger partial charge in [0.1, 0.15) is 6.33 Å². The van der Waals surface area contributed by atoms with Crippen molar-refractivity contribution < 1.29 is 8.76 Å². The Morgan fingerprint density at radius 1 is 1.38 bits per heavy atom. The molecule has 0 aliphatic heterocycles. The molecule has 16 heavy (non-hydrogen) atoms. The average Bonchev–Trinajstić information content (AvgIpc) is 2.66. The van der Waals surface area contributed by atoms with Gasteiger partial charge in [-0.2, -0.15) is 0 Å². The number of hydrogen-bond donors (Lipinski definition) is 1. The first-order valence-electron chi connectivity index (χ1n) is 4.62. The maximum absolute atomic E-state index is 10.5. The molecule has 2 aromatic rings. The highest BCUT2D eigenvalue weighted by Gasteiger charge is 2.04. The molecule has 0 spiro atoms. The standard InChI is InChI=1S/C10H11N3O2S/c1-8-2-4-9(5-3-8)10-6-11-7-13(10)12-16(14)15/h2-7,12H,1H3,(H,14,15)/p-1. The summed E-state index contributed by atoms with van der Waals surface area (Å²) < 4.78 is 22.4. The lowest BCUT2D eigenvalue weighted by Gasteiger charge is -2.12. The minimum atomic E-state index is -2.36. The van der Waals surface area contributed by atoms with Crippen molar-refractivity contribution in [2.75, 3.05) is 4.83 Å². The summed E-state index contributed by atoms with van der Waals surface area (Å²) in [5.41, 5.74) is 2.75. The molecule has 0 radical (unpaired) electrons. The molecular weight excluding hydrogens is 226 g/mol. The number of aryl methyl sites for hydroxylation is 1. The van der Waals surface area contributed by atoms with E-state index in [1.54, 1.807) is 6.20 Å². The molecule has 0 bridgehead atoms. The van der Waals surface area contributed by atoms with Crippen LogP contribution in [0.15, 0.2) is 36.8 Å². The summed E-state index contributed by atoms with van der Waals surface area (Å²) in [4.78, 5) is 6.14. The molecule has 2 rings (SSSR count). The molecule has 6 heteroatoms. The maximum atomic E-state index is 10.5. The molecule has 1 atom stereocenters. The van der Waals surface area contributed by atoms with Crippen LogP contribution in [0, 0.1) is 6.92 Å². The number of benzene rings is 1. The van der Waals surface area contributed by atoms with E-state index in [4.69, 9.17) is 0 Å². The van der Waals surface area contributed by atoms with Crippen LogP contribution in [0.5, 0.6) is 0 Å². The number of nitrogens with one attached hydrogen (secondary N) is 1. The summed E-state index contributed by atoms with van der Waals surface area (Å²) in [6.07, 6.45) is 3.01. The minimum Gasteiger partial charge on any atom is -0.754 e. The van der Waals surface area contributed by atoms with Gasteiger partial charge in [-0.3, -0.25) is 9.04 Å². The molecule has 1 unspecified atom stereocenters. The van der Waals surface area contributed by atoms with Gasteiger partial charge in [-0.15, -0.1) is 0 Å². The van der Waals surface area contributed by atoms with Gasteiger partial charge in [0.15, 0.2) is 0 Å². The predicted octanol–water partition coefficient (Wildman–Crippen LogP) is 1.20. The second-order valence-corrected chi connectivity index (χ2v) is 3.99. The van der Waals surface area contributed by atoms with Crippen molar-refractivity contribution in [3.63, 3.8) is 0 Å². The van der Waals surface area contributed by atoms with Crippen LogP contribution in [0.2, 0.25) is 0 Å². The lowest BCUT2D eigenvalue weighted by atomic mass is 10.1. The fourth-order valence-electron chi connectivity index (χ4n) is 1.39. The molecule has 1 N–H and O–H groups in total. The number of aromatic nitrogens is 2. The topological polar surface area (TPSA) is 70.0 Å². The number of rotatable bonds is 3. The van der Waals surface area contributed by atoms with Crippen LogP contribution >= 0.6 is 0 Å². The Morgan fingerprint density at radius 2 is 2.06 bits per heavy atom. The van der Waals surface area contributed by atoms with Crippen molar-refractivity contribution >= 4 is 11.3 Å². The molecule has 1 aromatic carbocycles. The Labute approximate surface area is 95.5 Å². The molecule has 0 fully saturated rings. The SMILES string of the molecule is Cc1ccc(-c2cncn2NS(=O)[O-])cc1. The quantitative estimate of drug-likeness (QED) is 0.814. The van der Waals surface area contributed by atoms with Crippen LogP contribution in [0.4, 0.5) is 0 Å². The summed E-state index contributed by atoms with van der Waals surface area (Å²) >= 11 is -2.36. The lowest BCUT2D eigenvalue weighted by Crippen LogP contribution is -2.16. The van der Waals surface area contributed by atoms with Crippen molar-refractivity contribution in [3.8, 4) is 11.3 Å². The third kappa shape index (κ3) is 2.29. The Balaban J connectivity index is 2.36. The summed E-state index contributed by atoms with van der Waals surface area (Å²) in [5.74, 6) is 0. The van der Waals surface area contributed by atoms with Crippen LogP contribution in [-0.4, -0.2) is 18.4 Å². The van der Waals surface area contributed by atoms with E-state index in [9.17, 15) is 8.76 Å². The normalized spacial score (nSPS) is 12.4. The summed E-state index contributed by atoms with van der Waals surface area (Å²) in [7, 11) is 0. The van der Waals surface area contributed by atoms with E-state index in [-0.39, 0.29) is 0 Å². The van der Waals surface area contributed by atoms with E-state index in [1.165, 1.54) is 11.0 Å². The number of hydrogen-bond acceptors (Lipinski definition) is 3. The zero-order valence-corrected chi connectivity index (χ0v) is 9.40. The summed E-state index contributed by atoms with van der Waals surface area (Å²) in [6.45, 7) is 1.99. The lowest BCUT2D eigenvalue weighted by molar-refractivity contribution is 0.537. The Kier molecular flexibility index (Phi) is 3.02. The largest absolute Gasteiger partial charge is 0.754 e. The average molecular weight is 236 g/mol. The van der Waals surface area contributed by atoms with Crippen molar-refractivity contribution in [1.82, 2.24) is 9.66 Å². The highest BCUT2D eigenvalue weighted by molar-refractivity contribution is 7.80. The third-order valence-electron chi connectivity index (χ3n) is 2.16. The van der Waals surface area contributed by atoms with Crippen LogP contribution in [0.1, 0.15) is 5.56 Å². The van der Waals surface area contributed by atoms with Gasteiger partial charge < -0.3 is 4.55 Å². The van der Waals surface area contributed by atoms with Gasteiger partial charge in [0.25, 0.3) is 0 Å². The van der Waals surface area contributed by atoms with Gasteiger partial charge in [-0.1, -0.05) is 29.8 Å². The minimum absolute atomic E-state index is 0.698. The van der Waals surface area contributed by atoms with Gasteiger partial charge in [-0.25, -0.2) is 9.66 Å². The van der Waals surface area contributed by atoms with Gasteiger partial charge in [-0.05, 0) is 6.92 Å². The van der Waals surface area contributed by atoms with Crippen molar-refractivity contribution in [2.45, 2.75) is 6.92 Å². The molecule has 0 aliphatic rings. The van der Waals surface area contributed by atoms with Gasteiger partial charge >= 0.3 is 0 Å². The van der Waals surface area contributed by atoms with Crippen molar-refractivity contribution in [3.05, 3.63) is 42.4 Å². The predicted molar refractivity (Wildman–Crippen MR) is 60.7 cm³/mol. The molecule has 84 valence electrons. The first-order chi connectivity index (χ1) is 7.66. The Hall–Kier alpha value is -1.66. The van der Waals surface area contributed by atoms with Gasteiger partial charge in [0, 0.05) is 5.56 Å². The molecular formula is C10H10N3O2S-. The molecule has 5 nitrogen and oxygen atoms in total. The fourth-order valence-corrected chi connectivity index (χ4v) is 1.69. The first kappa shape index (κ1) is 10.8. The fraction of sp³-hybridized carbons (Fsp3) is 0.100. The van der Waals surface area contributed by atoms with Crippen molar-refractivity contribution in [2.24, 2.45) is 0 Å². The van der Waals surface area contributed by atoms with Crippen LogP contribution in [0.3, 0.4) is 0 Å². The Morgan fingerprint density at radius 3 is 2.69 bits per heavy atom. The maximum Gasteiger partial charge on any atom is 0.116 e. The smallest absolute Gasteiger partial charge is 0.116 e. The third-order valence-corrected chi connectivity index (χ3v) is 2.50. The number of imidazole rings is 1. The second kappa shape index (κ2) is 4.46. The van der Waals surface area contributed by atoms with E-state index in [1.807, 2.05) is 31.2 Å². The highest BCUT2D eigenvalue weighted by Crippen LogP contribution is 2.18. The van der Waals surface area contributed by atoms with E-state index < -0.39 is 11.3 Å². The van der Waals surface area contributed by atoms with E-state index in [2.05, 4.69) is 9.82 Å². The van der Waals surface area contributed by atoms with E-state index in [0.29, 0.717) is 5.69 Å². The Bertz CT molecular complexity index is 507. The van der Waals surface area contributed by atoms with Crippen molar-refractivity contribution in [1.29, 1.82) is 0 Å². The molecule has 1 heterocycles. The molecule has 0 aliphatic carbocycles.